The van der Waals surface area contributed by atoms with Crippen molar-refractivity contribution >= 4 is 5.91 Å². The van der Waals surface area contributed by atoms with Gasteiger partial charge in [0.1, 0.15) is 0 Å². The minimum atomic E-state index is -0.0449. The number of amides is 1. The second kappa shape index (κ2) is 7.92. The van der Waals surface area contributed by atoms with E-state index in [0.29, 0.717) is 12.3 Å². The Hall–Kier alpha value is -1.39. The highest BCUT2D eigenvalue weighted by molar-refractivity contribution is 5.75. The van der Waals surface area contributed by atoms with E-state index in [1.54, 1.807) is 0 Å². The summed E-state index contributed by atoms with van der Waals surface area (Å²) in [6.45, 7) is 3.14. The minimum Gasteiger partial charge on any atom is -0.299 e. The number of carbonyl (C=O) groups is 1. The van der Waals surface area contributed by atoms with E-state index in [1.807, 2.05) is 6.07 Å². The van der Waals surface area contributed by atoms with Crippen LogP contribution in [0, 0.1) is 5.92 Å². The number of hydrogen-bond acceptors (Lipinski definition) is 3. The summed E-state index contributed by atoms with van der Waals surface area (Å²) in [5.41, 5.74) is 3.57. The molecule has 0 spiro atoms. The molecular formula is C15H25N3O. The van der Waals surface area contributed by atoms with Crippen LogP contribution < -0.4 is 11.3 Å². The second-order valence-electron chi connectivity index (χ2n) is 4.98. The number of nitrogens with one attached hydrogen (secondary N) is 1. The maximum Gasteiger partial charge on any atom is 0.234 e. The van der Waals surface area contributed by atoms with Gasteiger partial charge in [0.05, 0.1) is 0 Å². The van der Waals surface area contributed by atoms with E-state index < -0.39 is 0 Å². The van der Waals surface area contributed by atoms with Gasteiger partial charge < -0.3 is 0 Å². The number of nitrogens with zero attached hydrogens (tertiary/aromatic N) is 1. The van der Waals surface area contributed by atoms with Crippen LogP contribution in [-0.4, -0.2) is 23.9 Å². The Morgan fingerprint density at radius 2 is 1.89 bits per heavy atom. The molecule has 1 fully saturated rings. The third-order valence-corrected chi connectivity index (χ3v) is 3.59. The lowest BCUT2D eigenvalue weighted by molar-refractivity contribution is -0.122. The Morgan fingerprint density at radius 1 is 1.26 bits per heavy atom. The number of nitrogens with two attached hydrogens (primary N) is 1. The number of rotatable bonds is 4. The van der Waals surface area contributed by atoms with Crippen molar-refractivity contribution in [3.63, 3.8) is 0 Å². The first-order valence-corrected chi connectivity index (χ1v) is 6.53. The molecule has 4 nitrogen and oxygen atoms in total. The SMILES string of the molecule is C.NNC(=O)CC1CCN(Cc2ccccc2)CC1. The molecule has 1 aromatic rings. The third-order valence-electron chi connectivity index (χ3n) is 3.59. The number of hydrazine groups is 1. The summed E-state index contributed by atoms with van der Waals surface area (Å²) in [4.78, 5) is 13.7. The number of carbonyl (C=O) groups excluding carboxylic acids is 1. The summed E-state index contributed by atoms with van der Waals surface area (Å²) in [6.07, 6.45) is 2.73. The van der Waals surface area contributed by atoms with Gasteiger partial charge >= 0.3 is 0 Å². The van der Waals surface area contributed by atoms with Crippen molar-refractivity contribution in [2.75, 3.05) is 13.1 Å². The van der Waals surface area contributed by atoms with E-state index in [4.69, 9.17) is 5.84 Å². The molecule has 1 amide bonds. The average Bonchev–Trinajstić information content (AvgIpc) is 2.42. The van der Waals surface area contributed by atoms with Crippen LogP contribution in [0.1, 0.15) is 32.3 Å². The van der Waals surface area contributed by atoms with E-state index in [2.05, 4.69) is 34.6 Å². The number of benzene rings is 1. The average molecular weight is 263 g/mol. The van der Waals surface area contributed by atoms with Crippen molar-refractivity contribution in [2.24, 2.45) is 11.8 Å². The van der Waals surface area contributed by atoms with E-state index >= 15 is 0 Å². The number of hydrogen-bond donors (Lipinski definition) is 2. The molecular weight excluding hydrogens is 238 g/mol. The predicted molar refractivity (Wildman–Crippen MR) is 78.1 cm³/mol. The fraction of sp³-hybridized carbons (Fsp3) is 0.533. The molecule has 0 saturated carbocycles. The lowest BCUT2D eigenvalue weighted by Crippen LogP contribution is -2.37. The first-order chi connectivity index (χ1) is 8.78. The predicted octanol–water partition coefficient (Wildman–Crippen LogP) is 1.91. The molecule has 0 aliphatic carbocycles. The zero-order valence-electron chi connectivity index (χ0n) is 10.6. The first kappa shape index (κ1) is 15.7. The highest BCUT2D eigenvalue weighted by atomic mass is 16.2. The van der Waals surface area contributed by atoms with Gasteiger partial charge in [-0.05, 0) is 37.4 Å². The van der Waals surface area contributed by atoms with Gasteiger partial charge in [-0.1, -0.05) is 37.8 Å². The summed E-state index contributed by atoms with van der Waals surface area (Å²) in [6, 6.07) is 10.5. The zero-order chi connectivity index (χ0) is 12.8. The second-order valence-corrected chi connectivity index (χ2v) is 4.98. The lowest BCUT2D eigenvalue weighted by Gasteiger charge is -2.31. The van der Waals surface area contributed by atoms with E-state index in [0.717, 1.165) is 32.5 Å². The van der Waals surface area contributed by atoms with Crippen LogP contribution in [0.5, 0.6) is 0 Å². The van der Waals surface area contributed by atoms with Crippen LogP contribution in [0.3, 0.4) is 0 Å². The Labute approximate surface area is 115 Å². The molecule has 106 valence electrons. The Morgan fingerprint density at radius 3 is 2.47 bits per heavy atom. The molecule has 1 aliphatic heterocycles. The van der Waals surface area contributed by atoms with Gasteiger partial charge in [0.25, 0.3) is 0 Å². The topological polar surface area (TPSA) is 58.4 Å². The summed E-state index contributed by atoms with van der Waals surface area (Å²) >= 11 is 0. The molecule has 4 heteroatoms. The van der Waals surface area contributed by atoms with Crippen molar-refractivity contribution in [1.29, 1.82) is 0 Å². The van der Waals surface area contributed by atoms with Gasteiger partial charge in [-0.3, -0.25) is 15.1 Å². The minimum absolute atomic E-state index is 0. The quantitative estimate of drug-likeness (QED) is 0.495. The fourth-order valence-electron chi connectivity index (χ4n) is 2.51. The van der Waals surface area contributed by atoms with Crippen molar-refractivity contribution in [3.8, 4) is 0 Å². The van der Waals surface area contributed by atoms with Crippen LogP contribution in [0.15, 0.2) is 30.3 Å². The summed E-state index contributed by atoms with van der Waals surface area (Å²) < 4.78 is 0. The Kier molecular flexibility index (Phi) is 6.53. The highest BCUT2D eigenvalue weighted by Crippen LogP contribution is 2.21. The fourth-order valence-corrected chi connectivity index (χ4v) is 2.51. The molecule has 0 atom stereocenters. The van der Waals surface area contributed by atoms with Crippen LogP contribution >= 0.6 is 0 Å². The van der Waals surface area contributed by atoms with Gasteiger partial charge in [0.15, 0.2) is 0 Å². The van der Waals surface area contributed by atoms with Crippen molar-refractivity contribution in [2.45, 2.75) is 33.2 Å². The Bertz CT molecular complexity index is 372. The Balaban J connectivity index is 0.00000180. The molecule has 1 heterocycles. The normalized spacial score (nSPS) is 16.7. The summed E-state index contributed by atoms with van der Waals surface area (Å²) in [5.74, 6) is 5.55. The molecule has 0 bridgehead atoms. The van der Waals surface area contributed by atoms with E-state index in [9.17, 15) is 4.79 Å². The molecule has 1 saturated heterocycles. The van der Waals surface area contributed by atoms with Gasteiger partial charge in [0.2, 0.25) is 5.91 Å². The van der Waals surface area contributed by atoms with E-state index in [-0.39, 0.29) is 13.3 Å². The number of piperidine rings is 1. The van der Waals surface area contributed by atoms with Crippen LogP contribution in [0.2, 0.25) is 0 Å². The van der Waals surface area contributed by atoms with Crippen LogP contribution in [0.4, 0.5) is 0 Å². The zero-order valence-corrected chi connectivity index (χ0v) is 10.6. The molecule has 0 radical (unpaired) electrons. The van der Waals surface area contributed by atoms with Crippen molar-refractivity contribution in [3.05, 3.63) is 35.9 Å². The lowest BCUT2D eigenvalue weighted by atomic mass is 9.93. The summed E-state index contributed by atoms with van der Waals surface area (Å²) in [5, 5.41) is 0. The smallest absolute Gasteiger partial charge is 0.234 e. The molecule has 2 rings (SSSR count). The van der Waals surface area contributed by atoms with Gasteiger partial charge in [-0.15, -0.1) is 0 Å². The number of likely N-dealkylation sites (tertiary alicyclic amines) is 1. The standard InChI is InChI=1S/C14H21N3O.CH4/c15-16-14(18)10-12-6-8-17(9-7-12)11-13-4-2-1-3-5-13;/h1-5,12H,6-11,15H2,(H,16,18);1H4. The molecule has 3 N–H and O–H groups in total. The molecule has 1 aromatic carbocycles. The van der Waals surface area contributed by atoms with Crippen LogP contribution in [0.25, 0.3) is 0 Å². The van der Waals surface area contributed by atoms with Crippen molar-refractivity contribution in [1.82, 2.24) is 10.3 Å². The molecule has 0 unspecified atom stereocenters. The first-order valence-electron chi connectivity index (χ1n) is 6.53. The molecule has 1 aliphatic rings. The summed E-state index contributed by atoms with van der Waals surface area (Å²) in [7, 11) is 0. The molecule has 19 heavy (non-hydrogen) atoms. The van der Waals surface area contributed by atoms with Gasteiger partial charge in [-0.25, -0.2) is 5.84 Å². The highest BCUT2D eigenvalue weighted by Gasteiger charge is 2.21. The van der Waals surface area contributed by atoms with Gasteiger partial charge in [-0.2, -0.15) is 0 Å². The largest absolute Gasteiger partial charge is 0.299 e. The molecule has 0 aromatic heterocycles. The van der Waals surface area contributed by atoms with E-state index in [1.165, 1.54) is 5.56 Å². The van der Waals surface area contributed by atoms with Gasteiger partial charge in [0, 0.05) is 13.0 Å². The van der Waals surface area contributed by atoms with Crippen LogP contribution in [-0.2, 0) is 11.3 Å². The monoisotopic (exact) mass is 263 g/mol. The maximum atomic E-state index is 11.2. The maximum absolute atomic E-state index is 11.2. The third kappa shape index (κ3) is 5.01. The van der Waals surface area contributed by atoms with Crippen molar-refractivity contribution < 1.29 is 4.79 Å².